The SMILES string of the molecule is O=C(/C=C/c1ccccc1)N(CCc1ccc(OC(=O)C(F)(F)F)cc1)Cc1cccc(-c2cccc(C(=O)N3CCC(CCCC4CCNCC4)CC3)c2)c1. The molecule has 0 aliphatic carbocycles. The van der Waals surface area contributed by atoms with Crippen LogP contribution in [0, 0.1) is 11.8 Å². The van der Waals surface area contributed by atoms with Gasteiger partial charge in [-0.2, -0.15) is 13.2 Å². The summed E-state index contributed by atoms with van der Waals surface area (Å²) in [4.78, 5) is 42.2. The molecule has 56 heavy (non-hydrogen) atoms. The predicted molar refractivity (Wildman–Crippen MR) is 213 cm³/mol. The average Bonchev–Trinajstić information content (AvgIpc) is 3.22. The van der Waals surface area contributed by atoms with E-state index in [9.17, 15) is 27.6 Å². The molecule has 0 unspecified atom stereocenters. The summed E-state index contributed by atoms with van der Waals surface area (Å²) < 4.78 is 42.3. The Bertz CT molecular complexity index is 1930. The molecule has 7 nitrogen and oxygen atoms in total. The van der Waals surface area contributed by atoms with Gasteiger partial charge in [0, 0.05) is 37.8 Å². The molecule has 6 rings (SSSR count). The summed E-state index contributed by atoms with van der Waals surface area (Å²) in [7, 11) is 0. The van der Waals surface area contributed by atoms with E-state index in [4.69, 9.17) is 0 Å². The highest BCUT2D eigenvalue weighted by Crippen LogP contribution is 2.28. The Morgan fingerprint density at radius 2 is 1.43 bits per heavy atom. The van der Waals surface area contributed by atoms with Gasteiger partial charge >= 0.3 is 12.1 Å². The predicted octanol–water partition coefficient (Wildman–Crippen LogP) is 9.13. The summed E-state index contributed by atoms with van der Waals surface area (Å²) in [6.45, 7) is 4.50. The van der Waals surface area contributed by atoms with E-state index >= 15 is 0 Å². The number of rotatable bonds is 14. The lowest BCUT2D eigenvalue weighted by molar-refractivity contribution is -0.189. The zero-order chi connectivity index (χ0) is 39.3. The number of esters is 1. The number of nitrogens with one attached hydrogen (secondary N) is 1. The molecule has 1 N–H and O–H groups in total. The Kier molecular flexibility index (Phi) is 14.1. The van der Waals surface area contributed by atoms with Crippen molar-refractivity contribution in [2.24, 2.45) is 11.8 Å². The van der Waals surface area contributed by atoms with Gasteiger partial charge in [-0.1, -0.05) is 92.1 Å². The number of piperidine rings is 2. The maximum atomic E-state index is 13.7. The number of halogens is 3. The fourth-order valence-electron chi connectivity index (χ4n) is 7.63. The molecule has 4 aromatic carbocycles. The summed E-state index contributed by atoms with van der Waals surface area (Å²) in [5, 5.41) is 3.45. The number of carbonyl (C=O) groups excluding carboxylic acids is 3. The van der Waals surface area contributed by atoms with Crippen LogP contribution < -0.4 is 10.1 Å². The van der Waals surface area contributed by atoms with Gasteiger partial charge in [-0.15, -0.1) is 0 Å². The van der Waals surface area contributed by atoms with E-state index in [1.54, 1.807) is 23.1 Å². The molecule has 2 fully saturated rings. The highest BCUT2D eigenvalue weighted by atomic mass is 19.4. The Hall–Kier alpha value is -5.22. The van der Waals surface area contributed by atoms with Crippen LogP contribution in [0.5, 0.6) is 5.75 Å². The molecular formula is C46H50F3N3O4. The molecule has 2 amide bonds. The van der Waals surface area contributed by atoms with Gasteiger partial charge in [-0.25, -0.2) is 4.79 Å². The lowest BCUT2D eigenvalue weighted by atomic mass is 9.87. The number of nitrogens with zero attached hydrogens (tertiary/aromatic N) is 2. The van der Waals surface area contributed by atoms with Crippen LogP contribution in [-0.4, -0.2) is 66.5 Å². The maximum absolute atomic E-state index is 13.7. The van der Waals surface area contributed by atoms with Crippen LogP contribution in [0.1, 0.15) is 72.0 Å². The second kappa shape index (κ2) is 19.6. The first kappa shape index (κ1) is 40.4. The molecule has 0 aromatic heterocycles. The van der Waals surface area contributed by atoms with Crippen molar-refractivity contribution in [3.8, 4) is 16.9 Å². The van der Waals surface area contributed by atoms with Crippen LogP contribution in [0.25, 0.3) is 17.2 Å². The van der Waals surface area contributed by atoms with Gasteiger partial charge < -0.3 is 19.9 Å². The molecule has 2 heterocycles. The molecule has 10 heteroatoms. The molecule has 2 aliphatic heterocycles. The monoisotopic (exact) mass is 765 g/mol. The highest BCUT2D eigenvalue weighted by Gasteiger charge is 2.41. The quantitative estimate of drug-likeness (QED) is 0.0788. The van der Waals surface area contributed by atoms with Crippen molar-refractivity contribution in [3.63, 3.8) is 0 Å². The number of alkyl halides is 3. The molecular weight excluding hydrogens is 716 g/mol. The van der Waals surface area contributed by atoms with Crippen LogP contribution in [0.15, 0.2) is 109 Å². The third kappa shape index (κ3) is 11.9. The van der Waals surface area contributed by atoms with E-state index in [1.165, 1.54) is 50.3 Å². The lowest BCUT2D eigenvalue weighted by Crippen LogP contribution is -2.38. The minimum absolute atomic E-state index is 0.0599. The molecule has 2 aliphatic rings. The van der Waals surface area contributed by atoms with Crippen LogP contribution in [0.2, 0.25) is 0 Å². The smallest absolute Gasteiger partial charge is 0.420 e. The average molecular weight is 766 g/mol. The first-order valence-corrected chi connectivity index (χ1v) is 19.7. The second-order valence-electron chi connectivity index (χ2n) is 14.9. The van der Waals surface area contributed by atoms with Gasteiger partial charge in [0.1, 0.15) is 5.75 Å². The van der Waals surface area contributed by atoms with E-state index in [0.717, 1.165) is 72.8 Å². The van der Waals surface area contributed by atoms with E-state index < -0.39 is 12.1 Å². The lowest BCUT2D eigenvalue weighted by Gasteiger charge is -2.32. The molecule has 4 aromatic rings. The Morgan fingerprint density at radius 1 is 0.768 bits per heavy atom. The van der Waals surface area contributed by atoms with Crippen LogP contribution >= 0.6 is 0 Å². The third-order valence-corrected chi connectivity index (χ3v) is 10.9. The zero-order valence-corrected chi connectivity index (χ0v) is 31.7. The van der Waals surface area contributed by atoms with E-state index in [2.05, 4.69) is 10.1 Å². The molecule has 2 saturated heterocycles. The molecule has 0 bridgehead atoms. The number of amides is 2. The Balaban J connectivity index is 1.08. The number of likely N-dealkylation sites (tertiary alicyclic amines) is 1. The van der Waals surface area contributed by atoms with E-state index in [0.29, 0.717) is 31.0 Å². The number of ether oxygens (including phenoxy) is 1. The third-order valence-electron chi connectivity index (χ3n) is 10.9. The van der Waals surface area contributed by atoms with Gasteiger partial charge in [0.25, 0.3) is 5.91 Å². The molecule has 0 saturated carbocycles. The summed E-state index contributed by atoms with van der Waals surface area (Å²) >= 11 is 0. The molecule has 0 spiro atoms. The zero-order valence-electron chi connectivity index (χ0n) is 31.7. The maximum Gasteiger partial charge on any atom is 0.491 e. The largest absolute Gasteiger partial charge is 0.491 e. The van der Waals surface area contributed by atoms with Gasteiger partial charge in [-0.05, 0) is 121 Å². The van der Waals surface area contributed by atoms with Gasteiger partial charge in [-0.3, -0.25) is 9.59 Å². The Morgan fingerprint density at radius 3 is 2.12 bits per heavy atom. The van der Waals surface area contributed by atoms with Crippen LogP contribution in [0.3, 0.4) is 0 Å². The van der Waals surface area contributed by atoms with Crippen LogP contribution in [-0.2, 0) is 22.6 Å². The first-order valence-electron chi connectivity index (χ1n) is 19.7. The summed E-state index contributed by atoms with van der Waals surface area (Å²) in [6.07, 6.45) is 7.18. The van der Waals surface area contributed by atoms with Crippen molar-refractivity contribution in [3.05, 3.63) is 131 Å². The minimum atomic E-state index is -5.09. The van der Waals surface area contributed by atoms with Gasteiger partial charge in [0.15, 0.2) is 0 Å². The standard InChI is InChI=1S/C46H50F3N3O4/c47-46(48,49)45(55)56-42-18-15-37(16-19-42)25-30-52(43(53)20-17-34-7-2-1-3-8-34)33-38-11-5-12-39(31-38)40-13-6-14-41(32-40)44(54)51-28-23-36(24-29-51)10-4-9-35-21-26-50-27-22-35/h1-3,5-8,11-20,31-32,35-36,50H,4,9-10,21-30,33H2/b20-17+. The fraction of sp³-hybridized carbons (Fsp3) is 0.370. The van der Waals surface area contributed by atoms with Crippen molar-refractivity contribution in [1.29, 1.82) is 0 Å². The van der Waals surface area contributed by atoms with Crippen LogP contribution in [0.4, 0.5) is 13.2 Å². The first-order chi connectivity index (χ1) is 27.1. The van der Waals surface area contributed by atoms with Gasteiger partial charge in [0.2, 0.25) is 5.91 Å². The molecule has 0 atom stereocenters. The van der Waals surface area contributed by atoms with Crippen molar-refractivity contribution in [1.82, 2.24) is 15.1 Å². The van der Waals surface area contributed by atoms with Crippen molar-refractivity contribution in [2.45, 2.75) is 64.1 Å². The summed E-state index contributed by atoms with van der Waals surface area (Å²) in [6, 6.07) is 31.0. The van der Waals surface area contributed by atoms with Crippen molar-refractivity contribution in [2.75, 3.05) is 32.7 Å². The van der Waals surface area contributed by atoms with E-state index in [1.807, 2.05) is 83.8 Å². The topological polar surface area (TPSA) is 79.0 Å². The number of carbonyl (C=O) groups is 3. The molecule has 294 valence electrons. The second-order valence-corrected chi connectivity index (χ2v) is 14.9. The van der Waals surface area contributed by atoms with Gasteiger partial charge in [0.05, 0.1) is 0 Å². The normalized spacial score (nSPS) is 15.5. The minimum Gasteiger partial charge on any atom is -0.420 e. The highest BCUT2D eigenvalue weighted by molar-refractivity contribution is 5.95. The Labute approximate surface area is 327 Å². The van der Waals surface area contributed by atoms with Crippen molar-refractivity contribution >= 4 is 23.9 Å². The number of benzene rings is 4. The fourth-order valence-corrected chi connectivity index (χ4v) is 7.63. The van der Waals surface area contributed by atoms with E-state index in [-0.39, 0.29) is 17.6 Å². The molecule has 0 radical (unpaired) electrons. The number of hydrogen-bond acceptors (Lipinski definition) is 5. The summed E-state index contributed by atoms with van der Waals surface area (Å²) in [5.41, 5.74) is 5.05. The van der Waals surface area contributed by atoms with Crippen molar-refractivity contribution < 1.29 is 32.3 Å². The summed E-state index contributed by atoms with van der Waals surface area (Å²) in [5.74, 6) is -1.08. The number of hydrogen-bond donors (Lipinski definition) is 1.